The molecule has 0 aliphatic rings. The van der Waals surface area contributed by atoms with Gasteiger partial charge in [0.25, 0.3) is 15.9 Å². The van der Waals surface area contributed by atoms with Gasteiger partial charge in [-0.15, -0.1) is 0 Å². The number of benzene rings is 2. The number of hydrogen-bond donors (Lipinski definition) is 1. The summed E-state index contributed by atoms with van der Waals surface area (Å²) in [5.41, 5.74) is 1.73. The van der Waals surface area contributed by atoms with Gasteiger partial charge in [0.15, 0.2) is 0 Å². The Labute approximate surface area is 141 Å². The van der Waals surface area contributed by atoms with Crippen LogP contribution in [0.15, 0.2) is 41.3 Å². The summed E-state index contributed by atoms with van der Waals surface area (Å²) in [5, 5.41) is 0. The zero-order valence-corrected chi connectivity index (χ0v) is 14.7. The first-order valence-electron chi connectivity index (χ1n) is 7.23. The number of carbonyl (C=O) groups is 1. The standard InChI is InChI=1S/C17H19FN2O3S/c1-11-5-7-13(17(21)20(3)4)9-15(11)19-24(22,23)16-10-14(18)8-6-12(16)2/h5-10,19H,1-4H3. The molecule has 2 rings (SSSR count). The van der Waals surface area contributed by atoms with Crippen molar-refractivity contribution in [3.05, 3.63) is 58.9 Å². The van der Waals surface area contributed by atoms with E-state index in [1.165, 1.54) is 23.1 Å². The molecule has 1 amide bonds. The number of hydrogen-bond acceptors (Lipinski definition) is 3. The van der Waals surface area contributed by atoms with E-state index in [0.29, 0.717) is 16.7 Å². The number of nitrogens with one attached hydrogen (secondary N) is 1. The Morgan fingerprint density at radius 1 is 1.04 bits per heavy atom. The van der Waals surface area contributed by atoms with Gasteiger partial charge in [-0.05, 0) is 49.2 Å². The fourth-order valence-electron chi connectivity index (χ4n) is 2.19. The maximum Gasteiger partial charge on any atom is 0.262 e. The fourth-order valence-corrected chi connectivity index (χ4v) is 3.57. The summed E-state index contributed by atoms with van der Waals surface area (Å²) in [6.45, 7) is 3.31. The van der Waals surface area contributed by atoms with Crippen molar-refractivity contribution in [2.45, 2.75) is 18.7 Å². The molecule has 1 N–H and O–H groups in total. The maximum absolute atomic E-state index is 13.4. The molecule has 0 fully saturated rings. The Morgan fingerprint density at radius 2 is 1.67 bits per heavy atom. The molecule has 2 aromatic rings. The van der Waals surface area contributed by atoms with Crippen LogP contribution in [0.5, 0.6) is 0 Å². The second-order valence-corrected chi connectivity index (χ2v) is 7.40. The van der Waals surface area contributed by atoms with E-state index < -0.39 is 15.8 Å². The highest BCUT2D eigenvalue weighted by Gasteiger charge is 2.19. The zero-order valence-electron chi connectivity index (χ0n) is 13.9. The van der Waals surface area contributed by atoms with Crippen LogP contribution < -0.4 is 4.72 Å². The molecular formula is C17H19FN2O3S. The molecule has 0 aliphatic carbocycles. The molecule has 0 saturated heterocycles. The third-order valence-electron chi connectivity index (χ3n) is 3.57. The molecule has 0 bridgehead atoms. The summed E-state index contributed by atoms with van der Waals surface area (Å²) in [6.07, 6.45) is 0. The molecule has 128 valence electrons. The average molecular weight is 350 g/mol. The molecule has 0 radical (unpaired) electrons. The lowest BCUT2D eigenvalue weighted by molar-refractivity contribution is 0.0827. The van der Waals surface area contributed by atoms with Gasteiger partial charge in [0.2, 0.25) is 0 Å². The van der Waals surface area contributed by atoms with Gasteiger partial charge in [-0.25, -0.2) is 12.8 Å². The van der Waals surface area contributed by atoms with E-state index in [4.69, 9.17) is 0 Å². The van der Waals surface area contributed by atoms with E-state index >= 15 is 0 Å². The van der Waals surface area contributed by atoms with Crippen molar-refractivity contribution in [3.63, 3.8) is 0 Å². The van der Waals surface area contributed by atoms with E-state index in [9.17, 15) is 17.6 Å². The SMILES string of the molecule is Cc1ccc(C(=O)N(C)C)cc1NS(=O)(=O)c1cc(F)ccc1C. The van der Waals surface area contributed by atoms with Crippen LogP contribution in [0.2, 0.25) is 0 Å². The van der Waals surface area contributed by atoms with Crippen LogP contribution in [0, 0.1) is 19.7 Å². The largest absolute Gasteiger partial charge is 0.345 e. The van der Waals surface area contributed by atoms with Crippen LogP contribution in [0.4, 0.5) is 10.1 Å². The zero-order chi connectivity index (χ0) is 18.1. The highest BCUT2D eigenvalue weighted by Crippen LogP contribution is 2.24. The van der Waals surface area contributed by atoms with Crippen molar-refractivity contribution >= 4 is 21.6 Å². The van der Waals surface area contributed by atoms with Gasteiger partial charge in [-0.1, -0.05) is 12.1 Å². The summed E-state index contributed by atoms with van der Waals surface area (Å²) in [4.78, 5) is 13.3. The molecule has 24 heavy (non-hydrogen) atoms. The van der Waals surface area contributed by atoms with Crippen molar-refractivity contribution in [1.29, 1.82) is 0 Å². The number of halogens is 1. The second kappa shape index (κ2) is 6.60. The first-order chi connectivity index (χ1) is 11.1. The maximum atomic E-state index is 13.4. The second-order valence-electron chi connectivity index (χ2n) is 5.74. The van der Waals surface area contributed by atoms with Crippen molar-refractivity contribution in [1.82, 2.24) is 4.90 Å². The molecule has 0 saturated carbocycles. The van der Waals surface area contributed by atoms with Crippen molar-refractivity contribution < 1.29 is 17.6 Å². The monoisotopic (exact) mass is 350 g/mol. The van der Waals surface area contributed by atoms with Gasteiger partial charge < -0.3 is 4.90 Å². The summed E-state index contributed by atoms with van der Waals surface area (Å²) in [6, 6.07) is 8.35. The molecule has 0 atom stereocenters. The number of aryl methyl sites for hydroxylation is 2. The minimum atomic E-state index is -3.97. The molecule has 0 unspecified atom stereocenters. The van der Waals surface area contributed by atoms with E-state index in [1.807, 2.05) is 0 Å². The van der Waals surface area contributed by atoms with Gasteiger partial charge >= 0.3 is 0 Å². The minimum Gasteiger partial charge on any atom is -0.345 e. The first kappa shape index (κ1) is 17.9. The number of rotatable bonds is 4. The van der Waals surface area contributed by atoms with E-state index in [2.05, 4.69) is 4.72 Å². The van der Waals surface area contributed by atoms with Gasteiger partial charge in [0.1, 0.15) is 5.82 Å². The minimum absolute atomic E-state index is 0.133. The normalized spacial score (nSPS) is 11.2. The number of sulfonamides is 1. The van der Waals surface area contributed by atoms with Crippen LogP contribution in [0.25, 0.3) is 0 Å². The van der Waals surface area contributed by atoms with Crippen LogP contribution in [0.1, 0.15) is 21.5 Å². The molecule has 0 aromatic heterocycles. The van der Waals surface area contributed by atoms with Crippen LogP contribution in [-0.2, 0) is 10.0 Å². The van der Waals surface area contributed by atoms with Gasteiger partial charge in [-0.2, -0.15) is 0 Å². The molecule has 0 heterocycles. The Bertz CT molecular complexity index is 893. The first-order valence-corrected chi connectivity index (χ1v) is 8.71. The average Bonchev–Trinajstić information content (AvgIpc) is 2.50. The number of anilines is 1. The molecular weight excluding hydrogens is 331 g/mol. The molecule has 0 spiro atoms. The molecule has 5 nitrogen and oxygen atoms in total. The lowest BCUT2D eigenvalue weighted by atomic mass is 10.1. The van der Waals surface area contributed by atoms with E-state index in [0.717, 1.165) is 6.07 Å². The van der Waals surface area contributed by atoms with Gasteiger partial charge in [0.05, 0.1) is 10.6 Å². The quantitative estimate of drug-likeness (QED) is 0.922. The van der Waals surface area contributed by atoms with Gasteiger partial charge in [0, 0.05) is 19.7 Å². The van der Waals surface area contributed by atoms with Crippen LogP contribution in [0.3, 0.4) is 0 Å². The number of nitrogens with zero attached hydrogens (tertiary/aromatic N) is 1. The topological polar surface area (TPSA) is 66.5 Å². The summed E-state index contributed by atoms with van der Waals surface area (Å²) in [5.74, 6) is -0.869. The summed E-state index contributed by atoms with van der Waals surface area (Å²) < 4.78 is 41.0. The fraction of sp³-hybridized carbons (Fsp3) is 0.235. The Hall–Kier alpha value is -2.41. The lowest BCUT2D eigenvalue weighted by Gasteiger charge is -2.15. The highest BCUT2D eigenvalue weighted by molar-refractivity contribution is 7.92. The predicted octanol–water partition coefficient (Wildman–Crippen LogP) is 2.95. The molecule has 2 aromatic carbocycles. The highest BCUT2D eigenvalue weighted by atomic mass is 32.2. The molecule has 0 aliphatic heterocycles. The third kappa shape index (κ3) is 3.73. The van der Waals surface area contributed by atoms with Crippen LogP contribution in [-0.4, -0.2) is 33.3 Å². The van der Waals surface area contributed by atoms with Crippen molar-refractivity contribution in [2.24, 2.45) is 0 Å². The van der Waals surface area contributed by atoms with Crippen molar-refractivity contribution in [3.8, 4) is 0 Å². The number of amides is 1. The summed E-state index contributed by atoms with van der Waals surface area (Å²) >= 11 is 0. The van der Waals surface area contributed by atoms with Crippen molar-refractivity contribution in [2.75, 3.05) is 18.8 Å². The van der Waals surface area contributed by atoms with E-state index in [1.54, 1.807) is 40.1 Å². The molecule has 7 heteroatoms. The smallest absolute Gasteiger partial charge is 0.262 e. The van der Waals surface area contributed by atoms with E-state index in [-0.39, 0.29) is 16.5 Å². The Balaban J connectivity index is 2.44. The summed E-state index contributed by atoms with van der Waals surface area (Å²) in [7, 11) is -0.740. The Kier molecular flexibility index (Phi) is 4.94. The van der Waals surface area contributed by atoms with Gasteiger partial charge in [-0.3, -0.25) is 9.52 Å². The van der Waals surface area contributed by atoms with Crippen LogP contribution >= 0.6 is 0 Å². The number of carbonyl (C=O) groups excluding carboxylic acids is 1. The lowest BCUT2D eigenvalue weighted by Crippen LogP contribution is -2.22. The predicted molar refractivity (Wildman–Crippen MR) is 91.1 cm³/mol. The third-order valence-corrected chi connectivity index (χ3v) is 5.08. The Morgan fingerprint density at radius 3 is 2.29 bits per heavy atom.